The van der Waals surface area contributed by atoms with Crippen LogP contribution in [0.1, 0.15) is 22.7 Å². The fraction of sp³-hybridized carbons (Fsp3) is 0.385. The predicted octanol–water partition coefficient (Wildman–Crippen LogP) is 1.93. The zero-order valence-electron chi connectivity index (χ0n) is 10.9. The molecule has 19 heavy (non-hydrogen) atoms. The van der Waals surface area contributed by atoms with Crippen molar-refractivity contribution in [2.75, 3.05) is 20.7 Å². The molecule has 0 aliphatic carbocycles. The molecule has 2 rings (SSSR count). The molecule has 0 saturated carbocycles. The summed E-state index contributed by atoms with van der Waals surface area (Å²) in [6, 6.07) is 3.52. The normalized spacial score (nSPS) is 10.9. The van der Waals surface area contributed by atoms with Crippen molar-refractivity contribution in [2.45, 2.75) is 12.8 Å². The Kier molecular flexibility index (Phi) is 4.39. The minimum absolute atomic E-state index is 0.332. The molecule has 0 amide bonds. The Morgan fingerprint density at radius 3 is 3.00 bits per heavy atom. The van der Waals surface area contributed by atoms with Gasteiger partial charge < -0.3 is 14.5 Å². The second kappa shape index (κ2) is 6.04. The number of hydrogen-bond donors (Lipinski definition) is 1. The highest BCUT2D eigenvalue weighted by Crippen LogP contribution is 2.19. The van der Waals surface area contributed by atoms with Gasteiger partial charge in [-0.15, -0.1) is 0 Å². The number of carbonyl (C=O) groups excluding carboxylic acids is 1. The highest BCUT2D eigenvalue weighted by molar-refractivity contribution is 6.30. The molecule has 0 radical (unpaired) electrons. The van der Waals surface area contributed by atoms with Gasteiger partial charge in [-0.2, -0.15) is 0 Å². The lowest BCUT2D eigenvalue weighted by molar-refractivity contribution is 0.0597. The summed E-state index contributed by atoms with van der Waals surface area (Å²) in [6.07, 6.45) is 3.47. The van der Waals surface area contributed by atoms with E-state index in [1.54, 1.807) is 18.3 Å². The Morgan fingerprint density at radius 2 is 2.32 bits per heavy atom. The quantitative estimate of drug-likeness (QED) is 0.672. The number of halogens is 1. The fourth-order valence-corrected chi connectivity index (χ4v) is 2.13. The molecule has 0 unspecified atom stereocenters. The van der Waals surface area contributed by atoms with E-state index >= 15 is 0 Å². The van der Waals surface area contributed by atoms with E-state index in [0.29, 0.717) is 10.7 Å². The molecule has 2 heterocycles. The van der Waals surface area contributed by atoms with Crippen LogP contribution in [0, 0.1) is 0 Å². The minimum atomic E-state index is -0.431. The van der Waals surface area contributed by atoms with E-state index in [1.807, 2.05) is 11.4 Å². The van der Waals surface area contributed by atoms with Crippen molar-refractivity contribution in [1.82, 2.24) is 14.7 Å². The van der Waals surface area contributed by atoms with Crippen molar-refractivity contribution < 1.29 is 9.53 Å². The van der Waals surface area contributed by atoms with Crippen LogP contribution in [0.15, 0.2) is 18.3 Å². The van der Waals surface area contributed by atoms with Gasteiger partial charge in [-0.1, -0.05) is 11.6 Å². The SMILES string of the molecule is CNCCCc1nc(C(=O)OC)c2ccc(Cl)cn12. The van der Waals surface area contributed by atoms with E-state index in [1.165, 1.54) is 7.11 Å². The van der Waals surface area contributed by atoms with Crippen molar-refractivity contribution in [1.29, 1.82) is 0 Å². The number of methoxy groups -OCH3 is 1. The molecule has 6 heteroatoms. The van der Waals surface area contributed by atoms with E-state index in [9.17, 15) is 4.79 Å². The van der Waals surface area contributed by atoms with Crippen LogP contribution in [0.2, 0.25) is 5.02 Å². The minimum Gasteiger partial charge on any atom is -0.464 e. The molecule has 0 spiro atoms. The molecule has 0 aliphatic rings. The Hall–Kier alpha value is -1.59. The number of nitrogens with zero attached hydrogens (tertiary/aromatic N) is 2. The van der Waals surface area contributed by atoms with Crippen molar-refractivity contribution in [3.63, 3.8) is 0 Å². The standard InChI is InChI=1S/C13H16ClN3O2/c1-15-7-3-4-11-16-12(13(18)19-2)10-6-5-9(14)8-17(10)11/h5-6,8,15H,3-4,7H2,1-2H3. The molecular weight excluding hydrogens is 266 g/mol. The van der Waals surface area contributed by atoms with Crippen molar-refractivity contribution in [3.8, 4) is 0 Å². The first-order valence-corrected chi connectivity index (χ1v) is 6.44. The lowest BCUT2D eigenvalue weighted by Crippen LogP contribution is -2.09. The topological polar surface area (TPSA) is 55.6 Å². The zero-order chi connectivity index (χ0) is 13.8. The van der Waals surface area contributed by atoms with Crippen molar-refractivity contribution in [2.24, 2.45) is 0 Å². The Bertz CT molecular complexity index is 595. The van der Waals surface area contributed by atoms with Crippen LogP contribution in [0.5, 0.6) is 0 Å². The van der Waals surface area contributed by atoms with Gasteiger partial charge in [-0.05, 0) is 32.1 Å². The number of ether oxygens (including phenoxy) is 1. The number of rotatable bonds is 5. The fourth-order valence-electron chi connectivity index (χ4n) is 1.97. The second-order valence-corrected chi connectivity index (χ2v) is 4.61. The summed E-state index contributed by atoms with van der Waals surface area (Å²) in [5.41, 5.74) is 1.05. The molecule has 0 atom stereocenters. The average Bonchev–Trinajstić information content (AvgIpc) is 2.76. The largest absolute Gasteiger partial charge is 0.464 e. The molecule has 102 valence electrons. The first-order chi connectivity index (χ1) is 9.17. The zero-order valence-corrected chi connectivity index (χ0v) is 11.7. The van der Waals surface area contributed by atoms with Crippen LogP contribution >= 0.6 is 11.6 Å². The summed E-state index contributed by atoms with van der Waals surface area (Å²) in [5.74, 6) is 0.382. The number of aryl methyl sites for hydroxylation is 1. The molecule has 0 saturated heterocycles. The highest BCUT2D eigenvalue weighted by atomic mass is 35.5. The molecule has 0 fully saturated rings. The molecule has 0 aromatic carbocycles. The first kappa shape index (κ1) is 13.8. The molecule has 0 bridgehead atoms. The molecular formula is C13H16ClN3O2. The lowest BCUT2D eigenvalue weighted by atomic mass is 10.3. The summed E-state index contributed by atoms with van der Waals surface area (Å²) in [5, 5.41) is 3.69. The van der Waals surface area contributed by atoms with Gasteiger partial charge in [0.15, 0.2) is 5.69 Å². The number of imidazole rings is 1. The number of pyridine rings is 1. The third-order valence-electron chi connectivity index (χ3n) is 2.88. The Balaban J connectivity index is 2.44. The van der Waals surface area contributed by atoms with Crippen molar-refractivity contribution in [3.05, 3.63) is 34.9 Å². The molecule has 5 nitrogen and oxygen atoms in total. The van der Waals surface area contributed by atoms with Gasteiger partial charge in [0.2, 0.25) is 0 Å². The van der Waals surface area contributed by atoms with Crippen LogP contribution in [-0.4, -0.2) is 36.1 Å². The molecule has 2 aromatic rings. The lowest BCUT2D eigenvalue weighted by Gasteiger charge is -2.01. The van der Waals surface area contributed by atoms with Gasteiger partial charge in [0.25, 0.3) is 0 Å². The molecule has 2 aromatic heterocycles. The summed E-state index contributed by atoms with van der Waals surface area (Å²) in [4.78, 5) is 16.1. The monoisotopic (exact) mass is 281 g/mol. The van der Waals surface area contributed by atoms with Crippen LogP contribution in [-0.2, 0) is 11.2 Å². The van der Waals surface area contributed by atoms with E-state index in [0.717, 1.165) is 30.7 Å². The predicted molar refractivity (Wildman–Crippen MR) is 73.8 cm³/mol. The number of esters is 1. The second-order valence-electron chi connectivity index (χ2n) is 4.18. The van der Waals surface area contributed by atoms with Crippen LogP contribution in [0.3, 0.4) is 0 Å². The van der Waals surface area contributed by atoms with Crippen LogP contribution in [0.4, 0.5) is 0 Å². The van der Waals surface area contributed by atoms with Crippen LogP contribution in [0.25, 0.3) is 5.52 Å². The third-order valence-corrected chi connectivity index (χ3v) is 3.10. The van der Waals surface area contributed by atoms with Crippen LogP contribution < -0.4 is 5.32 Å². The van der Waals surface area contributed by atoms with Gasteiger partial charge in [0.1, 0.15) is 5.82 Å². The van der Waals surface area contributed by atoms with Crippen molar-refractivity contribution >= 4 is 23.1 Å². The molecule has 1 N–H and O–H groups in total. The highest BCUT2D eigenvalue weighted by Gasteiger charge is 2.17. The molecule has 0 aliphatic heterocycles. The summed E-state index contributed by atoms with van der Waals surface area (Å²) in [6.45, 7) is 0.892. The van der Waals surface area contributed by atoms with E-state index in [2.05, 4.69) is 10.3 Å². The smallest absolute Gasteiger partial charge is 0.358 e. The summed E-state index contributed by atoms with van der Waals surface area (Å²) >= 11 is 6.00. The number of nitrogens with one attached hydrogen (secondary N) is 1. The number of aromatic nitrogens is 2. The van der Waals surface area contributed by atoms with Gasteiger partial charge in [-0.25, -0.2) is 9.78 Å². The van der Waals surface area contributed by atoms with Gasteiger partial charge >= 0.3 is 5.97 Å². The summed E-state index contributed by atoms with van der Waals surface area (Å²) in [7, 11) is 3.25. The number of hydrogen-bond acceptors (Lipinski definition) is 4. The van der Waals surface area contributed by atoms with E-state index in [-0.39, 0.29) is 0 Å². The van der Waals surface area contributed by atoms with Gasteiger partial charge in [-0.3, -0.25) is 0 Å². The average molecular weight is 282 g/mol. The Labute approximate surface area is 116 Å². The first-order valence-electron chi connectivity index (χ1n) is 6.06. The maximum atomic E-state index is 11.7. The maximum absolute atomic E-state index is 11.7. The Morgan fingerprint density at radius 1 is 1.53 bits per heavy atom. The summed E-state index contributed by atoms with van der Waals surface area (Å²) < 4.78 is 6.60. The third kappa shape index (κ3) is 2.88. The number of carbonyl (C=O) groups is 1. The van der Waals surface area contributed by atoms with Gasteiger partial charge in [0, 0.05) is 12.6 Å². The van der Waals surface area contributed by atoms with E-state index < -0.39 is 5.97 Å². The van der Waals surface area contributed by atoms with Gasteiger partial charge in [0.05, 0.1) is 17.6 Å². The maximum Gasteiger partial charge on any atom is 0.358 e. The van der Waals surface area contributed by atoms with E-state index in [4.69, 9.17) is 16.3 Å². The number of fused-ring (bicyclic) bond motifs is 1.